The van der Waals surface area contributed by atoms with E-state index in [0.29, 0.717) is 42.7 Å². The predicted octanol–water partition coefficient (Wildman–Crippen LogP) is 4.91. The molecule has 4 aromatic rings. The first-order valence-electron chi connectivity index (χ1n) is 13.6. The molecule has 214 valence electrons. The van der Waals surface area contributed by atoms with Gasteiger partial charge in [-0.15, -0.1) is 0 Å². The number of fused-ring (bicyclic) bond motifs is 2. The SMILES string of the molecule is Cc1ncnc2c1ccn2[C@@H]1C[C@H](CN(C)[C@H]2C[C@H](CCc3nc4cc(C(F)(F)F)c(Cl)cc4[nH]3)C2)[C@@H](O)[C@H]1O. The summed E-state index contributed by atoms with van der Waals surface area (Å²) < 4.78 is 41.4. The lowest BCUT2D eigenvalue weighted by molar-refractivity contribution is -0.137. The molecule has 0 bridgehead atoms. The quantitative estimate of drug-likeness (QED) is 0.289. The Labute approximate surface area is 234 Å². The number of aromatic amines is 1. The number of hydrogen-bond donors (Lipinski definition) is 3. The van der Waals surface area contributed by atoms with Gasteiger partial charge in [0.05, 0.1) is 39.5 Å². The molecular formula is C28H32ClF3N6O2. The molecule has 3 aromatic heterocycles. The molecule has 8 nitrogen and oxygen atoms in total. The van der Waals surface area contributed by atoms with Crippen molar-refractivity contribution in [2.24, 2.45) is 11.8 Å². The van der Waals surface area contributed by atoms with Gasteiger partial charge in [0.2, 0.25) is 0 Å². The molecule has 2 saturated carbocycles. The summed E-state index contributed by atoms with van der Waals surface area (Å²) >= 11 is 5.83. The Morgan fingerprint density at radius 1 is 1.15 bits per heavy atom. The number of nitrogens with one attached hydrogen (secondary N) is 1. The Bertz CT molecular complexity index is 1530. The van der Waals surface area contributed by atoms with E-state index in [2.05, 4.69) is 31.9 Å². The van der Waals surface area contributed by atoms with E-state index < -0.39 is 23.9 Å². The second kappa shape index (κ2) is 10.3. The molecule has 0 radical (unpaired) electrons. The van der Waals surface area contributed by atoms with Crippen LogP contribution < -0.4 is 0 Å². The van der Waals surface area contributed by atoms with Crippen molar-refractivity contribution >= 4 is 33.7 Å². The highest BCUT2D eigenvalue weighted by Crippen LogP contribution is 2.41. The second-order valence-corrected chi connectivity index (χ2v) is 11.9. The molecule has 0 aliphatic heterocycles. The summed E-state index contributed by atoms with van der Waals surface area (Å²) in [6, 6.07) is 4.38. The van der Waals surface area contributed by atoms with Crippen molar-refractivity contribution in [3.05, 3.63) is 52.8 Å². The summed E-state index contributed by atoms with van der Waals surface area (Å²) in [6.07, 6.45) is 1.45. The van der Waals surface area contributed by atoms with Crippen LogP contribution in [0.15, 0.2) is 30.7 Å². The molecule has 12 heteroatoms. The first kappa shape index (κ1) is 27.4. The third kappa shape index (κ3) is 4.97. The maximum absolute atomic E-state index is 13.2. The number of H-pyrrole nitrogens is 1. The number of halogens is 4. The van der Waals surface area contributed by atoms with Crippen molar-refractivity contribution in [1.29, 1.82) is 0 Å². The van der Waals surface area contributed by atoms with Crippen LogP contribution in [0.4, 0.5) is 13.2 Å². The third-order valence-corrected chi connectivity index (χ3v) is 9.22. The van der Waals surface area contributed by atoms with Gasteiger partial charge in [0, 0.05) is 36.5 Å². The monoisotopic (exact) mass is 576 g/mol. The van der Waals surface area contributed by atoms with Gasteiger partial charge in [-0.25, -0.2) is 15.0 Å². The molecule has 2 aliphatic carbocycles. The number of rotatable bonds is 7. The topological polar surface area (TPSA) is 103 Å². The van der Waals surface area contributed by atoms with Gasteiger partial charge in [-0.1, -0.05) is 11.6 Å². The van der Waals surface area contributed by atoms with E-state index in [1.165, 1.54) is 12.4 Å². The van der Waals surface area contributed by atoms with E-state index in [1.54, 1.807) is 0 Å². The number of aliphatic hydroxyl groups excluding tert-OH is 2. The van der Waals surface area contributed by atoms with Gasteiger partial charge in [0.1, 0.15) is 23.9 Å². The number of nitrogens with zero attached hydrogens (tertiary/aromatic N) is 5. The van der Waals surface area contributed by atoms with Crippen molar-refractivity contribution < 1.29 is 23.4 Å². The number of hydrogen-bond acceptors (Lipinski definition) is 6. The number of imidazole rings is 1. The number of aromatic nitrogens is 5. The van der Waals surface area contributed by atoms with E-state index in [4.69, 9.17) is 11.6 Å². The largest absolute Gasteiger partial charge is 0.417 e. The molecule has 6 rings (SSSR count). The Morgan fingerprint density at radius 3 is 2.67 bits per heavy atom. The molecule has 3 heterocycles. The van der Waals surface area contributed by atoms with E-state index in [0.717, 1.165) is 42.1 Å². The highest BCUT2D eigenvalue weighted by molar-refractivity contribution is 6.32. The fraction of sp³-hybridized carbons (Fsp3) is 0.536. The molecule has 0 saturated heterocycles. The maximum atomic E-state index is 13.2. The van der Waals surface area contributed by atoms with E-state index in [-0.39, 0.29) is 22.5 Å². The Morgan fingerprint density at radius 2 is 1.93 bits per heavy atom. The van der Waals surface area contributed by atoms with Gasteiger partial charge in [-0.2, -0.15) is 13.2 Å². The van der Waals surface area contributed by atoms with Gasteiger partial charge in [-0.05, 0) is 63.8 Å². The van der Waals surface area contributed by atoms with Gasteiger partial charge in [0.25, 0.3) is 0 Å². The average molecular weight is 577 g/mol. The normalized spacial score (nSPS) is 27.2. The first-order chi connectivity index (χ1) is 19.0. The van der Waals surface area contributed by atoms with Crippen molar-refractivity contribution in [3.8, 4) is 0 Å². The number of alkyl halides is 3. The first-order valence-corrected chi connectivity index (χ1v) is 14.0. The summed E-state index contributed by atoms with van der Waals surface area (Å²) in [5, 5.41) is 22.4. The molecule has 0 amide bonds. The van der Waals surface area contributed by atoms with Crippen molar-refractivity contribution in [2.45, 2.75) is 69.5 Å². The minimum Gasteiger partial charge on any atom is -0.390 e. The number of aryl methyl sites for hydroxylation is 2. The summed E-state index contributed by atoms with van der Waals surface area (Å²) in [6.45, 7) is 2.61. The molecule has 3 N–H and O–H groups in total. The lowest BCUT2D eigenvalue weighted by Crippen LogP contribution is -2.46. The summed E-state index contributed by atoms with van der Waals surface area (Å²) in [7, 11) is 2.07. The average Bonchev–Trinajstić information content (AvgIpc) is 3.54. The molecule has 1 aromatic carbocycles. The third-order valence-electron chi connectivity index (χ3n) is 8.91. The van der Waals surface area contributed by atoms with Crippen LogP contribution in [0.2, 0.25) is 5.02 Å². The van der Waals surface area contributed by atoms with Crippen LogP contribution in [0.1, 0.15) is 48.8 Å². The molecule has 40 heavy (non-hydrogen) atoms. The Balaban J connectivity index is 1.02. The predicted molar refractivity (Wildman–Crippen MR) is 145 cm³/mol. The van der Waals surface area contributed by atoms with Crippen LogP contribution in [0.3, 0.4) is 0 Å². The fourth-order valence-electron chi connectivity index (χ4n) is 6.50. The zero-order valence-corrected chi connectivity index (χ0v) is 23.0. The van der Waals surface area contributed by atoms with E-state index in [1.807, 2.05) is 23.8 Å². The molecule has 2 aliphatic rings. The van der Waals surface area contributed by atoms with Crippen molar-refractivity contribution in [1.82, 2.24) is 29.4 Å². The molecule has 2 fully saturated rings. The van der Waals surface area contributed by atoms with Gasteiger partial charge in [0.15, 0.2) is 0 Å². The summed E-state index contributed by atoms with van der Waals surface area (Å²) in [4.78, 5) is 18.4. The minimum absolute atomic E-state index is 0.0617. The van der Waals surface area contributed by atoms with Gasteiger partial charge < -0.3 is 24.7 Å². The van der Waals surface area contributed by atoms with Crippen LogP contribution in [0, 0.1) is 18.8 Å². The van der Waals surface area contributed by atoms with E-state index >= 15 is 0 Å². The Hall–Kier alpha value is -2.73. The summed E-state index contributed by atoms with van der Waals surface area (Å²) in [5.41, 5.74) is 1.55. The zero-order valence-electron chi connectivity index (χ0n) is 22.2. The van der Waals surface area contributed by atoms with Gasteiger partial charge in [-0.3, -0.25) is 0 Å². The fourth-order valence-corrected chi connectivity index (χ4v) is 6.77. The standard InChI is InChI=1S/C28H32ClF3N6O2/c1-14-18-5-6-38(27(18)34-13-33-14)23-9-16(25(39)26(23)40)12-37(2)17-7-15(8-17)3-4-24-35-21-10-19(28(30,31)32)20(29)11-22(21)36-24/h5-6,10-11,13,15-17,23,25-26,39-40H,3-4,7-9,12H2,1-2H3,(H,35,36)/t15-,16-,17-,23-,25-,26+/m1/s1. The highest BCUT2D eigenvalue weighted by atomic mass is 35.5. The molecule has 0 spiro atoms. The zero-order chi connectivity index (χ0) is 28.3. The van der Waals surface area contributed by atoms with Crippen LogP contribution in [0.5, 0.6) is 0 Å². The molecule has 4 atom stereocenters. The number of benzene rings is 1. The van der Waals surface area contributed by atoms with Crippen LogP contribution in [-0.4, -0.2) is 71.5 Å². The lowest BCUT2D eigenvalue weighted by atomic mass is 9.76. The van der Waals surface area contributed by atoms with E-state index in [9.17, 15) is 23.4 Å². The van der Waals surface area contributed by atoms with Crippen molar-refractivity contribution in [3.63, 3.8) is 0 Å². The van der Waals surface area contributed by atoms with Crippen LogP contribution in [0.25, 0.3) is 22.1 Å². The second-order valence-electron chi connectivity index (χ2n) is 11.5. The number of aliphatic hydroxyl groups is 2. The smallest absolute Gasteiger partial charge is 0.390 e. The molecule has 0 unspecified atom stereocenters. The maximum Gasteiger partial charge on any atom is 0.417 e. The van der Waals surface area contributed by atoms with Crippen LogP contribution >= 0.6 is 11.6 Å². The molecular weight excluding hydrogens is 545 g/mol. The van der Waals surface area contributed by atoms with Crippen molar-refractivity contribution in [2.75, 3.05) is 13.6 Å². The van der Waals surface area contributed by atoms with Gasteiger partial charge >= 0.3 is 6.18 Å². The lowest BCUT2D eigenvalue weighted by Gasteiger charge is -2.42. The highest BCUT2D eigenvalue weighted by Gasteiger charge is 2.44. The minimum atomic E-state index is -4.52. The Kier molecular flexibility index (Phi) is 7.05. The van der Waals surface area contributed by atoms with Crippen LogP contribution in [-0.2, 0) is 12.6 Å². The summed E-state index contributed by atoms with van der Waals surface area (Å²) in [5.74, 6) is 1.10.